The minimum atomic E-state index is -0.450. The summed E-state index contributed by atoms with van der Waals surface area (Å²) in [6, 6.07) is 8.00. The lowest BCUT2D eigenvalue weighted by molar-refractivity contribution is 0.0917. The van der Waals surface area contributed by atoms with Crippen LogP contribution in [0.2, 0.25) is 5.02 Å². The summed E-state index contributed by atoms with van der Waals surface area (Å²) in [5.74, 6) is 0.487. The van der Waals surface area contributed by atoms with E-state index >= 15 is 0 Å². The Labute approximate surface area is 181 Å². The van der Waals surface area contributed by atoms with Crippen molar-refractivity contribution in [3.63, 3.8) is 0 Å². The van der Waals surface area contributed by atoms with Crippen LogP contribution in [0.15, 0.2) is 29.1 Å². The van der Waals surface area contributed by atoms with Crippen LogP contribution in [0, 0.1) is 0 Å². The van der Waals surface area contributed by atoms with E-state index < -0.39 is 5.56 Å². The van der Waals surface area contributed by atoms with Gasteiger partial charge in [-0.3, -0.25) is 9.59 Å². The Kier molecular flexibility index (Phi) is 6.14. The number of fused-ring (bicyclic) bond motifs is 1. The van der Waals surface area contributed by atoms with E-state index in [0.717, 1.165) is 38.5 Å². The molecule has 1 saturated carbocycles. The van der Waals surface area contributed by atoms with Gasteiger partial charge in [-0.1, -0.05) is 49.9 Å². The molecule has 0 spiro atoms. The van der Waals surface area contributed by atoms with Gasteiger partial charge in [0.05, 0.1) is 6.61 Å². The number of amides is 1. The average molecular weight is 430 g/mol. The van der Waals surface area contributed by atoms with Crippen molar-refractivity contribution >= 4 is 17.5 Å². The molecular formula is C23H28ClN3O3. The highest BCUT2D eigenvalue weighted by molar-refractivity contribution is 6.30. The number of benzene rings is 1. The van der Waals surface area contributed by atoms with Crippen LogP contribution in [-0.4, -0.2) is 28.6 Å². The van der Waals surface area contributed by atoms with Crippen LogP contribution in [-0.2, 0) is 18.4 Å². The van der Waals surface area contributed by atoms with Gasteiger partial charge < -0.3 is 14.6 Å². The number of nitrogens with one attached hydrogen (secondary N) is 1. The Morgan fingerprint density at radius 3 is 2.63 bits per heavy atom. The topological polar surface area (TPSA) is 73.2 Å². The van der Waals surface area contributed by atoms with Crippen LogP contribution >= 0.6 is 11.6 Å². The quantitative estimate of drug-likeness (QED) is 0.678. The van der Waals surface area contributed by atoms with Crippen molar-refractivity contribution in [3.05, 3.63) is 56.7 Å². The maximum absolute atomic E-state index is 12.9. The molecule has 1 aromatic heterocycles. The Balaban J connectivity index is 1.76. The van der Waals surface area contributed by atoms with E-state index in [1.165, 1.54) is 5.56 Å². The summed E-state index contributed by atoms with van der Waals surface area (Å²) in [4.78, 5) is 30.0. The van der Waals surface area contributed by atoms with Gasteiger partial charge in [0.2, 0.25) is 5.75 Å². The summed E-state index contributed by atoms with van der Waals surface area (Å²) < 4.78 is 7.62. The minimum absolute atomic E-state index is 0.0800. The zero-order valence-electron chi connectivity index (χ0n) is 17.4. The summed E-state index contributed by atoms with van der Waals surface area (Å²) in [5.41, 5.74) is 0.991. The molecule has 1 aromatic carbocycles. The van der Waals surface area contributed by atoms with E-state index in [2.05, 4.69) is 29.4 Å². The van der Waals surface area contributed by atoms with Gasteiger partial charge in [0.25, 0.3) is 5.91 Å². The fraction of sp³-hybridized carbons (Fsp3) is 0.522. The van der Waals surface area contributed by atoms with E-state index in [-0.39, 0.29) is 17.1 Å². The van der Waals surface area contributed by atoms with Crippen molar-refractivity contribution in [2.45, 2.75) is 63.8 Å². The molecule has 1 amide bonds. The van der Waals surface area contributed by atoms with Crippen molar-refractivity contribution in [1.29, 1.82) is 0 Å². The molecule has 0 unspecified atom stereocenters. The monoisotopic (exact) mass is 429 g/mol. The molecule has 1 aliphatic carbocycles. The predicted molar refractivity (Wildman–Crippen MR) is 117 cm³/mol. The van der Waals surface area contributed by atoms with Gasteiger partial charge in [0.15, 0.2) is 5.69 Å². The molecule has 0 bridgehead atoms. The molecule has 0 radical (unpaired) electrons. The number of hydrogen-bond donors (Lipinski definition) is 1. The van der Waals surface area contributed by atoms with Gasteiger partial charge >= 0.3 is 5.56 Å². The summed E-state index contributed by atoms with van der Waals surface area (Å²) in [7, 11) is 0. The van der Waals surface area contributed by atoms with E-state index in [4.69, 9.17) is 16.3 Å². The number of halogens is 1. The number of nitrogens with zero attached hydrogens (tertiary/aromatic N) is 2. The highest BCUT2D eigenvalue weighted by atomic mass is 35.5. The Bertz CT molecular complexity index is 978. The number of unbranched alkanes of at least 4 members (excludes halogenated alkanes) is 1. The fourth-order valence-electron chi connectivity index (χ4n) is 4.72. The number of aromatic nitrogens is 2. The van der Waals surface area contributed by atoms with E-state index in [9.17, 15) is 9.59 Å². The maximum atomic E-state index is 12.9. The predicted octanol–water partition coefficient (Wildman–Crippen LogP) is 3.87. The minimum Gasteiger partial charge on any atom is -0.486 e. The van der Waals surface area contributed by atoms with Gasteiger partial charge in [-0.05, 0) is 37.0 Å². The van der Waals surface area contributed by atoms with Crippen molar-refractivity contribution in [2.75, 3.05) is 13.2 Å². The molecule has 2 aliphatic rings. The smallest absolute Gasteiger partial charge is 0.316 e. The van der Waals surface area contributed by atoms with Crippen LogP contribution in [0.1, 0.15) is 67.3 Å². The van der Waals surface area contributed by atoms with Gasteiger partial charge in [0.1, 0.15) is 5.82 Å². The largest absolute Gasteiger partial charge is 0.486 e. The molecular weight excluding hydrogens is 402 g/mol. The first kappa shape index (κ1) is 20.9. The lowest BCUT2D eigenvalue weighted by Gasteiger charge is -2.32. The number of ether oxygens (including phenoxy) is 1. The third-order valence-electron chi connectivity index (χ3n) is 6.32. The van der Waals surface area contributed by atoms with Crippen LogP contribution in [0.5, 0.6) is 5.75 Å². The molecule has 2 heterocycles. The molecule has 4 rings (SSSR count). The van der Waals surface area contributed by atoms with Crippen LogP contribution in [0.25, 0.3) is 0 Å². The first-order valence-electron chi connectivity index (χ1n) is 10.8. The zero-order valence-corrected chi connectivity index (χ0v) is 18.1. The SMILES string of the molecule is CCCCOc1c2n(c(CC3(c4ccc(Cl)cc4)CCCC3)nc1=O)CCNC2=O. The van der Waals surface area contributed by atoms with Gasteiger partial charge in [0, 0.05) is 29.9 Å². The lowest BCUT2D eigenvalue weighted by atomic mass is 9.76. The molecule has 6 nitrogen and oxygen atoms in total. The standard InChI is InChI=1S/C23H28ClN3O3/c1-2-3-14-30-20-19-21(28)25-12-13-27(19)18(26-22(20)29)15-23(10-4-5-11-23)16-6-8-17(24)9-7-16/h6-9H,2-5,10-15H2,1H3,(H,25,28). The Morgan fingerprint density at radius 1 is 1.20 bits per heavy atom. The molecule has 1 N–H and O–H groups in total. The van der Waals surface area contributed by atoms with Crippen molar-refractivity contribution in [2.24, 2.45) is 0 Å². The van der Waals surface area contributed by atoms with E-state index in [1.807, 2.05) is 16.7 Å². The van der Waals surface area contributed by atoms with Gasteiger partial charge in [-0.25, -0.2) is 0 Å². The fourth-order valence-corrected chi connectivity index (χ4v) is 4.85. The second kappa shape index (κ2) is 8.80. The Hall–Kier alpha value is -2.34. The molecule has 1 fully saturated rings. The molecule has 0 saturated heterocycles. The molecule has 30 heavy (non-hydrogen) atoms. The second-order valence-electron chi connectivity index (χ2n) is 8.29. The first-order chi connectivity index (χ1) is 14.5. The van der Waals surface area contributed by atoms with Crippen molar-refractivity contribution in [3.8, 4) is 5.75 Å². The van der Waals surface area contributed by atoms with Crippen molar-refractivity contribution < 1.29 is 9.53 Å². The lowest BCUT2D eigenvalue weighted by Crippen LogP contribution is -2.41. The number of carbonyl (C=O) groups excluding carboxylic acids is 1. The Morgan fingerprint density at radius 2 is 1.93 bits per heavy atom. The maximum Gasteiger partial charge on any atom is 0.316 e. The third-order valence-corrected chi connectivity index (χ3v) is 6.57. The van der Waals surface area contributed by atoms with Crippen LogP contribution in [0.4, 0.5) is 0 Å². The first-order valence-corrected chi connectivity index (χ1v) is 11.2. The number of hydrogen-bond acceptors (Lipinski definition) is 4. The summed E-state index contributed by atoms with van der Waals surface area (Å²) in [6.07, 6.45) is 6.73. The van der Waals surface area contributed by atoms with Gasteiger partial charge in [-0.15, -0.1) is 0 Å². The van der Waals surface area contributed by atoms with Gasteiger partial charge in [-0.2, -0.15) is 4.98 Å². The molecule has 2 aromatic rings. The highest BCUT2D eigenvalue weighted by Crippen LogP contribution is 2.44. The average Bonchev–Trinajstić information content (AvgIpc) is 3.21. The van der Waals surface area contributed by atoms with Crippen LogP contribution < -0.4 is 15.6 Å². The third kappa shape index (κ3) is 3.97. The van der Waals surface area contributed by atoms with E-state index in [1.54, 1.807) is 0 Å². The zero-order chi connectivity index (χ0) is 21.1. The summed E-state index contributed by atoms with van der Waals surface area (Å²) >= 11 is 6.11. The summed E-state index contributed by atoms with van der Waals surface area (Å²) in [6.45, 7) is 3.57. The molecule has 1 aliphatic heterocycles. The highest BCUT2D eigenvalue weighted by Gasteiger charge is 2.38. The molecule has 7 heteroatoms. The molecule has 0 atom stereocenters. The van der Waals surface area contributed by atoms with Crippen LogP contribution in [0.3, 0.4) is 0 Å². The van der Waals surface area contributed by atoms with E-state index in [0.29, 0.717) is 42.7 Å². The summed E-state index contributed by atoms with van der Waals surface area (Å²) in [5, 5.41) is 3.56. The van der Waals surface area contributed by atoms with Crippen molar-refractivity contribution in [1.82, 2.24) is 14.9 Å². The number of rotatable bonds is 7. The number of carbonyl (C=O) groups is 1. The second-order valence-corrected chi connectivity index (χ2v) is 8.73. The molecule has 160 valence electrons. The normalized spacial score (nSPS) is 17.5.